The van der Waals surface area contributed by atoms with Gasteiger partial charge in [-0.25, -0.2) is 9.05 Å². The Kier molecular flexibility index (Phi) is 10.3. The fourth-order valence-electron chi connectivity index (χ4n) is 8.68. The summed E-state index contributed by atoms with van der Waals surface area (Å²) in [5.41, 5.74) is 22.5. The van der Waals surface area contributed by atoms with E-state index in [2.05, 4.69) is 144 Å². The maximum absolute atomic E-state index is 14.4. The molecule has 0 radical (unpaired) electrons. The fraction of sp³-hybridized carbons (Fsp3) is 0.250. The van der Waals surface area contributed by atoms with Gasteiger partial charge in [0.1, 0.15) is 0 Å². The van der Waals surface area contributed by atoms with E-state index in [4.69, 9.17) is 9.05 Å². The zero-order chi connectivity index (χ0) is 37.6. The molecule has 264 valence electrons. The van der Waals surface area contributed by atoms with Gasteiger partial charge in [-0.15, -0.1) is 0 Å². The highest BCUT2D eigenvalue weighted by Gasteiger charge is 2.32. The van der Waals surface area contributed by atoms with E-state index in [0.29, 0.717) is 11.5 Å². The summed E-state index contributed by atoms with van der Waals surface area (Å²) in [4.78, 5) is 0. The molecule has 0 saturated heterocycles. The fourth-order valence-corrected chi connectivity index (χ4v) is 9.35. The van der Waals surface area contributed by atoms with Crippen molar-refractivity contribution >= 4 is 8.25 Å². The van der Waals surface area contributed by atoms with Crippen molar-refractivity contribution in [1.29, 1.82) is 0 Å². The summed E-state index contributed by atoms with van der Waals surface area (Å²) < 4.78 is 27.3. The summed E-state index contributed by atoms with van der Waals surface area (Å²) in [6, 6.07) is 29.8. The third-order valence-electron chi connectivity index (χ3n) is 10.1. The summed E-state index contributed by atoms with van der Waals surface area (Å²) in [6.07, 6.45) is 0. The van der Waals surface area contributed by atoms with Gasteiger partial charge in [0.25, 0.3) is 0 Å². The van der Waals surface area contributed by atoms with Crippen LogP contribution in [0.3, 0.4) is 0 Å². The van der Waals surface area contributed by atoms with Crippen molar-refractivity contribution in [3.05, 3.63) is 152 Å². The van der Waals surface area contributed by atoms with Crippen molar-refractivity contribution in [1.82, 2.24) is 0 Å². The molecule has 3 nitrogen and oxygen atoms in total. The first-order chi connectivity index (χ1) is 24.6. The first-order valence-electron chi connectivity index (χ1n) is 18.1. The molecule has 0 aliphatic rings. The smallest absolute Gasteiger partial charge is 0.221 e. The van der Waals surface area contributed by atoms with Gasteiger partial charge in [0, 0.05) is 15.7 Å². The molecular formula is C48H50O3P+. The SMILES string of the molecule is Cc1cc(C)c(-c2cccc(O[P+](=O)Oc3cccc(-c4c(C)cc(C)cc4C)c3-c3c(C)cc(C)cc3C)c2-c2c(C)cc(C)cc2C)c(C)c1. The van der Waals surface area contributed by atoms with E-state index < -0.39 is 8.25 Å². The molecule has 0 N–H and O–H groups in total. The third-order valence-corrected chi connectivity index (χ3v) is 10.8. The molecule has 0 bridgehead atoms. The van der Waals surface area contributed by atoms with E-state index in [1.54, 1.807) is 0 Å². The van der Waals surface area contributed by atoms with E-state index in [1.165, 1.54) is 44.5 Å². The molecule has 6 rings (SSSR count). The van der Waals surface area contributed by atoms with Gasteiger partial charge in [0.2, 0.25) is 0 Å². The summed E-state index contributed by atoms with van der Waals surface area (Å²) in [7, 11) is -2.65. The average molecular weight is 706 g/mol. The van der Waals surface area contributed by atoms with E-state index in [-0.39, 0.29) is 0 Å². The number of benzene rings is 6. The molecule has 0 heterocycles. The Morgan fingerprint density at radius 2 is 0.596 bits per heavy atom. The van der Waals surface area contributed by atoms with Crippen molar-refractivity contribution in [3.63, 3.8) is 0 Å². The van der Waals surface area contributed by atoms with Crippen LogP contribution in [0.2, 0.25) is 0 Å². The van der Waals surface area contributed by atoms with E-state index in [9.17, 15) is 4.57 Å². The Bertz CT molecular complexity index is 2140. The minimum Gasteiger partial charge on any atom is -0.221 e. The highest BCUT2D eigenvalue weighted by molar-refractivity contribution is 7.34. The molecule has 0 aromatic heterocycles. The number of aryl methyl sites for hydroxylation is 12. The molecule has 4 heteroatoms. The molecule has 0 aliphatic carbocycles. The van der Waals surface area contributed by atoms with E-state index >= 15 is 0 Å². The van der Waals surface area contributed by atoms with Crippen LogP contribution in [-0.4, -0.2) is 0 Å². The van der Waals surface area contributed by atoms with Gasteiger partial charge < -0.3 is 0 Å². The van der Waals surface area contributed by atoms with Gasteiger partial charge in [0.05, 0.1) is 0 Å². The molecule has 0 fully saturated rings. The normalized spacial score (nSPS) is 11.2. The molecular weight excluding hydrogens is 655 g/mol. The Labute approximate surface area is 311 Å². The van der Waals surface area contributed by atoms with Crippen LogP contribution in [-0.2, 0) is 4.57 Å². The Hall–Kier alpha value is -4.98. The second kappa shape index (κ2) is 14.6. The van der Waals surface area contributed by atoms with Crippen LogP contribution in [0.4, 0.5) is 0 Å². The highest BCUT2D eigenvalue weighted by Crippen LogP contribution is 2.50. The molecule has 0 spiro atoms. The van der Waals surface area contributed by atoms with Gasteiger partial charge in [-0.05, 0) is 173 Å². The van der Waals surface area contributed by atoms with Crippen LogP contribution in [0.25, 0.3) is 44.5 Å². The second-order valence-corrected chi connectivity index (χ2v) is 15.7. The van der Waals surface area contributed by atoms with Crippen LogP contribution in [0.15, 0.2) is 84.9 Å². The minimum atomic E-state index is -2.65. The highest BCUT2D eigenvalue weighted by atomic mass is 31.1. The van der Waals surface area contributed by atoms with Crippen molar-refractivity contribution in [2.24, 2.45) is 0 Å². The zero-order valence-corrected chi connectivity index (χ0v) is 33.6. The maximum Gasteiger partial charge on any atom is 0.805 e. The monoisotopic (exact) mass is 705 g/mol. The lowest BCUT2D eigenvalue weighted by Gasteiger charge is -2.20. The summed E-state index contributed by atoms with van der Waals surface area (Å²) in [5.74, 6) is 1.05. The Morgan fingerprint density at radius 1 is 0.346 bits per heavy atom. The maximum atomic E-state index is 14.4. The number of hydrogen-bond donors (Lipinski definition) is 0. The van der Waals surface area contributed by atoms with Crippen LogP contribution in [0.1, 0.15) is 66.8 Å². The van der Waals surface area contributed by atoms with Crippen LogP contribution >= 0.6 is 8.25 Å². The number of hydrogen-bond acceptors (Lipinski definition) is 3. The van der Waals surface area contributed by atoms with Gasteiger partial charge in [-0.2, -0.15) is 0 Å². The molecule has 0 amide bonds. The number of rotatable bonds is 8. The Balaban J connectivity index is 1.53. The first-order valence-corrected chi connectivity index (χ1v) is 19.2. The second-order valence-electron chi connectivity index (χ2n) is 14.9. The molecule has 0 unspecified atom stereocenters. The topological polar surface area (TPSA) is 35.5 Å². The lowest BCUT2D eigenvalue weighted by molar-refractivity contribution is 0.417. The van der Waals surface area contributed by atoms with Crippen LogP contribution in [0, 0.1) is 83.1 Å². The predicted molar refractivity (Wildman–Crippen MR) is 220 cm³/mol. The summed E-state index contributed by atoms with van der Waals surface area (Å²) in [6.45, 7) is 25.7. The van der Waals surface area contributed by atoms with Crippen molar-refractivity contribution < 1.29 is 13.6 Å². The van der Waals surface area contributed by atoms with E-state index in [0.717, 1.165) is 66.8 Å². The average Bonchev–Trinajstić information content (AvgIpc) is 3.01. The van der Waals surface area contributed by atoms with Crippen molar-refractivity contribution in [2.75, 3.05) is 0 Å². The summed E-state index contributed by atoms with van der Waals surface area (Å²) >= 11 is 0. The zero-order valence-electron chi connectivity index (χ0n) is 32.8. The minimum absolute atomic E-state index is 0.527. The molecule has 0 aliphatic heterocycles. The quantitative estimate of drug-likeness (QED) is 0.148. The third kappa shape index (κ3) is 7.08. The van der Waals surface area contributed by atoms with Crippen LogP contribution < -0.4 is 9.05 Å². The van der Waals surface area contributed by atoms with E-state index in [1.807, 2.05) is 24.3 Å². The molecule has 0 atom stereocenters. The first kappa shape index (κ1) is 36.8. The molecule has 6 aromatic rings. The van der Waals surface area contributed by atoms with Crippen molar-refractivity contribution in [3.8, 4) is 56.0 Å². The van der Waals surface area contributed by atoms with Gasteiger partial charge in [-0.3, -0.25) is 0 Å². The van der Waals surface area contributed by atoms with Gasteiger partial charge in [0.15, 0.2) is 11.5 Å². The molecule has 0 saturated carbocycles. The van der Waals surface area contributed by atoms with Gasteiger partial charge in [-0.1, -0.05) is 95.1 Å². The standard InChI is InChI=1S/C48H50O3P/c1-27-19-31(5)43(32(6)20-27)39-15-13-17-41(47(39)45-35(9)23-29(3)24-36(45)10)50-52(49)51-42-18-14-16-40(44-33(7)21-28(2)22-34(44)8)48(42)46-37(11)25-30(4)26-38(46)12/h13-26H,1-12H3/q+1. The van der Waals surface area contributed by atoms with Crippen LogP contribution in [0.5, 0.6) is 11.5 Å². The van der Waals surface area contributed by atoms with Crippen molar-refractivity contribution in [2.45, 2.75) is 83.1 Å². The Morgan fingerprint density at radius 3 is 0.865 bits per heavy atom. The predicted octanol–water partition coefficient (Wildman–Crippen LogP) is 14.2. The molecule has 52 heavy (non-hydrogen) atoms. The van der Waals surface area contributed by atoms with Gasteiger partial charge >= 0.3 is 8.25 Å². The summed E-state index contributed by atoms with van der Waals surface area (Å²) in [5, 5.41) is 0. The lowest BCUT2D eigenvalue weighted by atomic mass is 9.85. The largest absolute Gasteiger partial charge is 0.805 e. The lowest BCUT2D eigenvalue weighted by Crippen LogP contribution is -2.01. The molecule has 6 aromatic carbocycles.